The van der Waals surface area contributed by atoms with Gasteiger partial charge in [0, 0.05) is 6.54 Å². The fraction of sp³-hybridized carbons (Fsp3) is 0.278. The molecule has 0 aliphatic heterocycles. The summed E-state index contributed by atoms with van der Waals surface area (Å²) in [6.07, 6.45) is -4.78. The summed E-state index contributed by atoms with van der Waals surface area (Å²) in [5, 5.41) is 2.64. The van der Waals surface area contributed by atoms with Crippen molar-refractivity contribution < 1.29 is 17.9 Å². The number of para-hydroxylation sites is 2. The van der Waals surface area contributed by atoms with Crippen LogP contribution in [0.25, 0.3) is 0 Å². The lowest BCUT2D eigenvalue weighted by Crippen LogP contribution is -2.24. The summed E-state index contributed by atoms with van der Waals surface area (Å²) in [6, 6.07) is 13.5. The maximum atomic E-state index is 12.4. The van der Waals surface area contributed by atoms with Crippen molar-refractivity contribution in [2.75, 3.05) is 19.4 Å². The van der Waals surface area contributed by atoms with E-state index in [1.54, 1.807) is 6.07 Å². The van der Waals surface area contributed by atoms with E-state index >= 15 is 0 Å². The zero-order chi connectivity index (χ0) is 19.2. The van der Waals surface area contributed by atoms with E-state index < -0.39 is 6.36 Å². The van der Waals surface area contributed by atoms with Crippen molar-refractivity contribution in [2.24, 2.45) is 10.7 Å². The number of hydrogen-bond acceptors (Lipinski definition) is 3. The monoisotopic (exact) mass is 366 g/mol. The van der Waals surface area contributed by atoms with Crippen molar-refractivity contribution >= 4 is 11.6 Å². The van der Waals surface area contributed by atoms with Crippen LogP contribution in [0.2, 0.25) is 0 Å². The van der Waals surface area contributed by atoms with Gasteiger partial charge < -0.3 is 20.7 Å². The molecule has 0 heterocycles. The number of rotatable bonds is 6. The minimum atomic E-state index is -4.78. The molecule has 2 aromatic rings. The Labute approximate surface area is 150 Å². The molecule has 0 spiro atoms. The Bertz CT molecular complexity index is 760. The quantitative estimate of drug-likeness (QED) is 0.606. The van der Waals surface area contributed by atoms with Crippen LogP contribution >= 0.6 is 0 Å². The van der Waals surface area contributed by atoms with Gasteiger partial charge in [-0.05, 0) is 37.4 Å². The molecule has 140 valence electrons. The molecular weight excluding hydrogens is 345 g/mol. The van der Waals surface area contributed by atoms with Crippen molar-refractivity contribution in [3.63, 3.8) is 0 Å². The third-order valence-electron chi connectivity index (χ3n) is 3.30. The van der Waals surface area contributed by atoms with Crippen molar-refractivity contribution in [3.8, 4) is 5.75 Å². The van der Waals surface area contributed by atoms with Crippen LogP contribution in [0.5, 0.6) is 5.75 Å². The smallest absolute Gasteiger partial charge is 0.404 e. The fourth-order valence-electron chi connectivity index (χ4n) is 2.33. The molecule has 8 heteroatoms. The third-order valence-corrected chi connectivity index (χ3v) is 3.30. The molecular formula is C18H21F3N4O. The number of nitrogens with one attached hydrogen (secondary N) is 1. The molecule has 0 fully saturated rings. The average Bonchev–Trinajstić information content (AvgIpc) is 2.53. The SMILES string of the molecule is CN(C)Cc1cccc(CN=C(N)Nc2ccccc2OC(F)(F)F)c1. The first-order chi connectivity index (χ1) is 12.2. The third kappa shape index (κ3) is 6.64. The molecule has 2 rings (SSSR count). The van der Waals surface area contributed by atoms with Gasteiger partial charge in [-0.2, -0.15) is 0 Å². The van der Waals surface area contributed by atoms with Crippen molar-refractivity contribution in [1.29, 1.82) is 0 Å². The van der Waals surface area contributed by atoms with Gasteiger partial charge >= 0.3 is 6.36 Å². The van der Waals surface area contributed by atoms with Crippen LogP contribution in [0, 0.1) is 0 Å². The molecule has 0 amide bonds. The van der Waals surface area contributed by atoms with Gasteiger partial charge in [0.05, 0.1) is 12.2 Å². The summed E-state index contributed by atoms with van der Waals surface area (Å²) in [4.78, 5) is 6.23. The molecule has 3 N–H and O–H groups in total. The van der Waals surface area contributed by atoms with Gasteiger partial charge in [0.1, 0.15) is 0 Å². The van der Waals surface area contributed by atoms with Gasteiger partial charge in [-0.15, -0.1) is 13.2 Å². The number of nitrogens with two attached hydrogens (primary N) is 1. The lowest BCUT2D eigenvalue weighted by atomic mass is 10.1. The van der Waals surface area contributed by atoms with Crippen LogP contribution in [0.1, 0.15) is 11.1 Å². The summed E-state index contributed by atoms with van der Waals surface area (Å²) in [5.41, 5.74) is 7.98. The highest BCUT2D eigenvalue weighted by atomic mass is 19.4. The molecule has 0 bridgehead atoms. The molecule has 0 saturated heterocycles. The molecule has 0 saturated carbocycles. The first-order valence-corrected chi connectivity index (χ1v) is 7.87. The van der Waals surface area contributed by atoms with E-state index in [9.17, 15) is 13.2 Å². The van der Waals surface area contributed by atoms with Gasteiger partial charge in [0.25, 0.3) is 0 Å². The average molecular weight is 366 g/mol. The lowest BCUT2D eigenvalue weighted by Gasteiger charge is -2.14. The van der Waals surface area contributed by atoms with Crippen LogP contribution < -0.4 is 15.8 Å². The minimum absolute atomic E-state index is 0.00115. The van der Waals surface area contributed by atoms with E-state index in [0.29, 0.717) is 6.54 Å². The van der Waals surface area contributed by atoms with Gasteiger partial charge in [-0.3, -0.25) is 0 Å². The van der Waals surface area contributed by atoms with Crippen molar-refractivity contribution in [1.82, 2.24) is 4.90 Å². The summed E-state index contributed by atoms with van der Waals surface area (Å²) >= 11 is 0. The molecule has 0 aromatic heterocycles. The number of halogens is 3. The molecule has 2 aromatic carbocycles. The number of guanidine groups is 1. The van der Waals surface area contributed by atoms with Gasteiger partial charge in [0.2, 0.25) is 0 Å². The standard InChI is InChI=1S/C18H21F3N4O/c1-25(2)12-14-7-5-6-13(10-14)11-23-17(22)24-15-8-3-4-9-16(15)26-18(19,20)21/h3-10H,11-12H2,1-2H3,(H3,22,23,24). The van der Waals surface area contributed by atoms with Crippen molar-refractivity contribution in [3.05, 3.63) is 59.7 Å². The lowest BCUT2D eigenvalue weighted by molar-refractivity contribution is -0.274. The first-order valence-electron chi connectivity index (χ1n) is 7.87. The largest absolute Gasteiger partial charge is 0.573 e. The van der Waals surface area contributed by atoms with E-state index in [1.807, 2.05) is 38.4 Å². The van der Waals surface area contributed by atoms with Gasteiger partial charge in [-0.1, -0.05) is 36.4 Å². The Morgan fingerprint density at radius 2 is 1.81 bits per heavy atom. The number of alkyl halides is 3. The number of hydrogen-bond donors (Lipinski definition) is 2. The summed E-state index contributed by atoms with van der Waals surface area (Å²) in [6.45, 7) is 1.11. The second kappa shape index (κ2) is 8.57. The maximum absolute atomic E-state index is 12.4. The van der Waals surface area contributed by atoms with Crippen LogP contribution in [-0.4, -0.2) is 31.3 Å². The first kappa shape index (κ1) is 19.6. The Kier molecular flexibility index (Phi) is 6.46. The van der Waals surface area contributed by atoms with Gasteiger partial charge in [0.15, 0.2) is 11.7 Å². The van der Waals surface area contributed by atoms with Crippen LogP contribution in [0.3, 0.4) is 0 Å². The predicted molar refractivity (Wildman–Crippen MR) is 95.9 cm³/mol. The van der Waals surface area contributed by atoms with E-state index in [1.165, 1.54) is 18.2 Å². The molecule has 26 heavy (non-hydrogen) atoms. The molecule has 0 aliphatic rings. The Morgan fingerprint density at radius 3 is 2.50 bits per heavy atom. The highest BCUT2D eigenvalue weighted by Gasteiger charge is 2.32. The second-order valence-electron chi connectivity index (χ2n) is 5.93. The zero-order valence-electron chi connectivity index (χ0n) is 14.5. The zero-order valence-corrected chi connectivity index (χ0v) is 14.5. The Morgan fingerprint density at radius 1 is 1.12 bits per heavy atom. The molecule has 0 atom stereocenters. The summed E-state index contributed by atoms with van der Waals surface area (Å²) < 4.78 is 41.3. The number of anilines is 1. The molecule has 0 radical (unpaired) electrons. The van der Waals surface area contributed by atoms with E-state index in [0.717, 1.165) is 17.7 Å². The van der Waals surface area contributed by atoms with Gasteiger partial charge in [-0.25, -0.2) is 4.99 Å². The van der Waals surface area contributed by atoms with E-state index in [4.69, 9.17) is 5.73 Å². The fourth-order valence-corrected chi connectivity index (χ4v) is 2.33. The predicted octanol–water partition coefficient (Wildman–Crippen LogP) is 3.57. The molecule has 0 aliphatic carbocycles. The van der Waals surface area contributed by atoms with E-state index in [2.05, 4.69) is 19.9 Å². The van der Waals surface area contributed by atoms with Crippen LogP contribution in [0.4, 0.5) is 18.9 Å². The highest BCUT2D eigenvalue weighted by Crippen LogP contribution is 2.29. The number of ether oxygens (including phenoxy) is 1. The van der Waals surface area contributed by atoms with Crippen LogP contribution in [0.15, 0.2) is 53.5 Å². The summed E-state index contributed by atoms with van der Waals surface area (Å²) in [5.74, 6) is -0.368. The topological polar surface area (TPSA) is 62.9 Å². The van der Waals surface area contributed by atoms with Crippen LogP contribution in [-0.2, 0) is 13.1 Å². The molecule has 0 unspecified atom stereocenters. The minimum Gasteiger partial charge on any atom is -0.404 e. The molecule has 5 nitrogen and oxygen atoms in total. The Balaban J connectivity index is 2.05. The number of aliphatic imine (C=N–C) groups is 1. The normalized spacial score (nSPS) is 12.3. The summed E-state index contributed by atoms with van der Waals surface area (Å²) in [7, 11) is 3.96. The number of nitrogens with zero attached hydrogens (tertiary/aromatic N) is 2. The maximum Gasteiger partial charge on any atom is 0.573 e. The van der Waals surface area contributed by atoms with Crippen molar-refractivity contribution in [2.45, 2.75) is 19.5 Å². The highest BCUT2D eigenvalue weighted by molar-refractivity contribution is 5.93. The van der Waals surface area contributed by atoms with E-state index in [-0.39, 0.29) is 17.4 Å². The number of benzene rings is 2. The second-order valence-corrected chi connectivity index (χ2v) is 5.93. The Hall–Kier alpha value is -2.74.